The number of carboxylic acid groups (broad SMARTS) is 1. The van der Waals surface area contributed by atoms with Gasteiger partial charge in [0.2, 0.25) is 5.91 Å². The third-order valence-electron chi connectivity index (χ3n) is 3.70. The average Bonchev–Trinajstić information content (AvgIpc) is 2.51. The van der Waals surface area contributed by atoms with E-state index in [4.69, 9.17) is 4.74 Å². The first-order valence-corrected chi connectivity index (χ1v) is 7.62. The maximum atomic E-state index is 11.9. The quantitative estimate of drug-likeness (QED) is 0.735. The van der Waals surface area contributed by atoms with E-state index in [-0.39, 0.29) is 18.4 Å². The summed E-state index contributed by atoms with van der Waals surface area (Å²) in [5.41, 5.74) is 0.827. The normalized spacial score (nSPS) is 13.2. The molecule has 0 aliphatic heterocycles. The lowest BCUT2D eigenvalue weighted by atomic mass is 9.98. The third kappa shape index (κ3) is 5.39. The Balaban J connectivity index is 2.67. The Labute approximate surface area is 131 Å². The fourth-order valence-corrected chi connectivity index (χ4v) is 2.35. The van der Waals surface area contributed by atoms with E-state index in [0.29, 0.717) is 12.2 Å². The van der Waals surface area contributed by atoms with Crippen LogP contribution in [0.25, 0.3) is 0 Å². The molecule has 1 amide bonds. The molecule has 0 fully saturated rings. The molecule has 0 heterocycles. The van der Waals surface area contributed by atoms with Crippen molar-refractivity contribution in [3.63, 3.8) is 0 Å². The highest BCUT2D eigenvalue weighted by Gasteiger charge is 2.21. The first-order valence-electron chi connectivity index (χ1n) is 7.62. The first kappa shape index (κ1) is 18.0. The Kier molecular flexibility index (Phi) is 7.43. The molecule has 0 spiro atoms. The lowest BCUT2D eigenvalue weighted by Crippen LogP contribution is -2.36. The number of amides is 1. The minimum Gasteiger partial charge on any atom is -0.496 e. The number of hydrogen-bond donors (Lipinski definition) is 2. The Morgan fingerprint density at radius 3 is 2.59 bits per heavy atom. The van der Waals surface area contributed by atoms with Crippen molar-refractivity contribution in [2.75, 3.05) is 13.7 Å². The van der Waals surface area contributed by atoms with Gasteiger partial charge in [-0.3, -0.25) is 9.59 Å². The smallest absolute Gasteiger partial charge is 0.308 e. The number of methoxy groups -OCH3 is 1. The number of ether oxygens (including phenoxy) is 1. The second-order valence-electron chi connectivity index (χ2n) is 5.49. The third-order valence-corrected chi connectivity index (χ3v) is 3.70. The van der Waals surface area contributed by atoms with Crippen molar-refractivity contribution in [3.05, 3.63) is 29.8 Å². The van der Waals surface area contributed by atoms with Gasteiger partial charge in [0.15, 0.2) is 0 Å². The molecule has 1 rings (SSSR count). The molecule has 0 saturated heterocycles. The van der Waals surface area contributed by atoms with E-state index < -0.39 is 11.9 Å². The Hall–Kier alpha value is -2.04. The van der Waals surface area contributed by atoms with Crippen LogP contribution in [0.1, 0.15) is 32.3 Å². The number of aliphatic carboxylic acids is 1. The maximum Gasteiger partial charge on any atom is 0.308 e. The van der Waals surface area contributed by atoms with Crippen LogP contribution in [0.3, 0.4) is 0 Å². The van der Waals surface area contributed by atoms with E-state index in [1.807, 2.05) is 32.0 Å². The lowest BCUT2D eigenvalue weighted by Gasteiger charge is -2.17. The van der Waals surface area contributed by atoms with Crippen LogP contribution in [0, 0.1) is 11.8 Å². The number of benzene rings is 1. The predicted molar refractivity (Wildman–Crippen MR) is 84.9 cm³/mol. The molecule has 0 saturated carbocycles. The van der Waals surface area contributed by atoms with Crippen LogP contribution in [0.15, 0.2) is 24.3 Å². The van der Waals surface area contributed by atoms with Crippen LogP contribution in [0.2, 0.25) is 0 Å². The number of carbonyl (C=O) groups is 2. The summed E-state index contributed by atoms with van der Waals surface area (Å²) in [6.07, 6.45) is 2.05. The van der Waals surface area contributed by atoms with Gasteiger partial charge in [-0.25, -0.2) is 0 Å². The van der Waals surface area contributed by atoms with Crippen LogP contribution in [-0.2, 0) is 16.0 Å². The summed E-state index contributed by atoms with van der Waals surface area (Å²) in [6.45, 7) is 4.00. The zero-order chi connectivity index (χ0) is 16.5. The minimum absolute atomic E-state index is 0.0897. The average molecular weight is 307 g/mol. The Morgan fingerprint density at radius 1 is 1.32 bits per heavy atom. The zero-order valence-electron chi connectivity index (χ0n) is 13.5. The van der Waals surface area contributed by atoms with Crippen LogP contribution < -0.4 is 10.1 Å². The molecule has 0 aromatic heterocycles. The number of hydrogen-bond acceptors (Lipinski definition) is 3. The molecule has 5 nitrogen and oxygen atoms in total. The summed E-state index contributed by atoms with van der Waals surface area (Å²) >= 11 is 0. The Bertz CT molecular complexity index is 501. The predicted octanol–water partition coefficient (Wildman–Crippen LogP) is 2.49. The number of rotatable bonds is 9. The van der Waals surface area contributed by atoms with Crippen molar-refractivity contribution < 1.29 is 19.4 Å². The second kappa shape index (κ2) is 9.07. The molecule has 0 radical (unpaired) electrons. The van der Waals surface area contributed by atoms with Gasteiger partial charge in [-0.1, -0.05) is 38.5 Å². The van der Waals surface area contributed by atoms with Crippen molar-refractivity contribution in [2.24, 2.45) is 11.8 Å². The van der Waals surface area contributed by atoms with Gasteiger partial charge >= 0.3 is 5.97 Å². The summed E-state index contributed by atoms with van der Waals surface area (Å²) in [6, 6.07) is 7.33. The standard InChI is InChI=1S/C17H25NO4/c1-4-7-12(2)16(19)18-11-14(17(20)21)10-13-8-5-6-9-15(13)22-3/h5-6,8-9,12,14H,4,7,10-11H2,1-3H3,(H,18,19)(H,20,21)/t12-,14+/m1/s1. The van der Waals surface area contributed by atoms with E-state index in [2.05, 4.69) is 5.32 Å². The van der Waals surface area contributed by atoms with E-state index in [1.165, 1.54) is 0 Å². The molecular weight excluding hydrogens is 282 g/mol. The number of nitrogens with one attached hydrogen (secondary N) is 1. The largest absolute Gasteiger partial charge is 0.496 e. The van der Waals surface area contributed by atoms with Gasteiger partial charge in [-0.15, -0.1) is 0 Å². The molecule has 1 aromatic carbocycles. The summed E-state index contributed by atoms with van der Waals surface area (Å²) in [7, 11) is 1.56. The minimum atomic E-state index is -0.922. The monoisotopic (exact) mass is 307 g/mol. The number of carboxylic acids is 1. The van der Waals surface area contributed by atoms with Gasteiger partial charge in [0, 0.05) is 12.5 Å². The van der Waals surface area contributed by atoms with Gasteiger partial charge in [0.1, 0.15) is 5.75 Å². The first-order chi connectivity index (χ1) is 10.5. The van der Waals surface area contributed by atoms with Gasteiger partial charge in [-0.05, 0) is 24.5 Å². The second-order valence-corrected chi connectivity index (χ2v) is 5.49. The van der Waals surface area contributed by atoms with Gasteiger partial charge in [0.25, 0.3) is 0 Å². The van der Waals surface area contributed by atoms with Gasteiger partial charge < -0.3 is 15.2 Å². The molecule has 0 bridgehead atoms. The van der Waals surface area contributed by atoms with E-state index in [0.717, 1.165) is 18.4 Å². The summed E-state index contributed by atoms with van der Waals surface area (Å²) < 4.78 is 5.24. The lowest BCUT2D eigenvalue weighted by molar-refractivity contribution is -0.141. The van der Waals surface area contributed by atoms with Crippen molar-refractivity contribution in [3.8, 4) is 5.75 Å². The molecule has 0 aliphatic rings. The van der Waals surface area contributed by atoms with Crippen LogP contribution in [0.5, 0.6) is 5.75 Å². The highest BCUT2D eigenvalue weighted by Crippen LogP contribution is 2.21. The molecule has 0 aliphatic carbocycles. The Morgan fingerprint density at radius 2 is 2.00 bits per heavy atom. The maximum absolute atomic E-state index is 11.9. The molecule has 0 unspecified atom stereocenters. The molecule has 22 heavy (non-hydrogen) atoms. The topological polar surface area (TPSA) is 75.6 Å². The van der Waals surface area contributed by atoms with Crippen LogP contribution in [-0.4, -0.2) is 30.6 Å². The summed E-state index contributed by atoms with van der Waals surface area (Å²) in [5, 5.41) is 12.1. The molecular formula is C17H25NO4. The highest BCUT2D eigenvalue weighted by molar-refractivity contribution is 5.79. The van der Waals surface area contributed by atoms with Gasteiger partial charge in [0.05, 0.1) is 13.0 Å². The molecule has 122 valence electrons. The summed E-state index contributed by atoms with van der Waals surface area (Å²) in [4.78, 5) is 23.3. The molecule has 5 heteroatoms. The molecule has 2 atom stereocenters. The fourth-order valence-electron chi connectivity index (χ4n) is 2.35. The van der Waals surface area contributed by atoms with Crippen molar-refractivity contribution in [2.45, 2.75) is 33.1 Å². The van der Waals surface area contributed by atoms with Crippen LogP contribution in [0.4, 0.5) is 0 Å². The highest BCUT2D eigenvalue weighted by atomic mass is 16.5. The zero-order valence-corrected chi connectivity index (χ0v) is 13.5. The van der Waals surface area contributed by atoms with Crippen molar-refractivity contribution >= 4 is 11.9 Å². The van der Waals surface area contributed by atoms with Gasteiger partial charge in [-0.2, -0.15) is 0 Å². The summed E-state index contributed by atoms with van der Waals surface area (Å²) in [5.74, 6) is -1.11. The van der Waals surface area contributed by atoms with E-state index in [1.54, 1.807) is 13.2 Å². The van der Waals surface area contributed by atoms with E-state index >= 15 is 0 Å². The number of para-hydroxylation sites is 1. The SMILES string of the molecule is CCC[C@@H](C)C(=O)NC[C@H](Cc1ccccc1OC)C(=O)O. The van der Waals surface area contributed by atoms with Crippen molar-refractivity contribution in [1.82, 2.24) is 5.32 Å². The number of carbonyl (C=O) groups excluding carboxylic acids is 1. The molecule has 2 N–H and O–H groups in total. The van der Waals surface area contributed by atoms with E-state index in [9.17, 15) is 14.7 Å². The van der Waals surface area contributed by atoms with Crippen molar-refractivity contribution in [1.29, 1.82) is 0 Å². The fraction of sp³-hybridized carbons (Fsp3) is 0.529. The van der Waals surface area contributed by atoms with Crippen LogP contribution >= 0.6 is 0 Å². The molecule has 1 aromatic rings.